The van der Waals surface area contributed by atoms with E-state index in [1.54, 1.807) is 5.48 Å². The van der Waals surface area contributed by atoms with E-state index in [0.29, 0.717) is 13.0 Å². The third kappa shape index (κ3) is 4.83. The number of nitrogens with zero attached hydrogens (tertiary/aromatic N) is 1. The van der Waals surface area contributed by atoms with Crippen LogP contribution in [0.4, 0.5) is 0 Å². The fourth-order valence-electron chi connectivity index (χ4n) is 2.81. The normalized spacial score (nSPS) is 10.8. The third-order valence-electron chi connectivity index (χ3n) is 4.19. The minimum atomic E-state index is -0.330. The Morgan fingerprint density at radius 2 is 1.92 bits per heavy atom. The minimum absolute atomic E-state index is 0.330. The van der Waals surface area contributed by atoms with E-state index in [2.05, 4.69) is 9.97 Å². The van der Waals surface area contributed by atoms with Gasteiger partial charge in [-0.05, 0) is 37.1 Å². The molecule has 0 unspecified atom stereocenters. The van der Waals surface area contributed by atoms with E-state index in [1.165, 1.54) is 0 Å². The molecular weight excluding hydrogens is 330 g/mol. The topological polar surface area (TPSA) is 87.2 Å². The van der Waals surface area contributed by atoms with E-state index in [4.69, 9.17) is 9.94 Å². The van der Waals surface area contributed by atoms with Crippen molar-refractivity contribution in [2.45, 2.75) is 32.1 Å². The van der Waals surface area contributed by atoms with Crippen LogP contribution in [0.1, 0.15) is 32.1 Å². The van der Waals surface area contributed by atoms with Crippen LogP contribution in [0.3, 0.4) is 0 Å². The van der Waals surface area contributed by atoms with Gasteiger partial charge in [-0.2, -0.15) is 0 Å². The molecule has 0 radical (unpaired) electrons. The average molecular weight is 353 g/mol. The van der Waals surface area contributed by atoms with E-state index in [9.17, 15) is 4.79 Å². The zero-order chi connectivity index (χ0) is 18.2. The number of aromatic amines is 1. The number of amides is 1. The zero-order valence-electron chi connectivity index (χ0n) is 14.6. The summed E-state index contributed by atoms with van der Waals surface area (Å²) in [6.07, 6.45) is 3.98. The van der Waals surface area contributed by atoms with Crippen LogP contribution in [0.5, 0.6) is 5.75 Å². The number of rotatable bonds is 9. The van der Waals surface area contributed by atoms with Gasteiger partial charge in [-0.15, -0.1) is 0 Å². The van der Waals surface area contributed by atoms with Crippen LogP contribution < -0.4 is 10.2 Å². The van der Waals surface area contributed by atoms with Crippen molar-refractivity contribution in [2.24, 2.45) is 0 Å². The summed E-state index contributed by atoms with van der Waals surface area (Å²) in [4.78, 5) is 18.8. The van der Waals surface area contributed by atoms with Crippen molar-refractivity contribution in [3.63, 3.8) is 0 Å². The number of benzene rings is 2. The number of carbonyl (C=O) groups is 1. The van der Waals surface area contributed by atoms with Gasteiger partial charge in [0.25, 0.3) is 0 Å². The molecule has 1 aromatic heterocycles. The number of imidazole rings is 1. The largest absolute Gasteiger partial charge is 0.494 e. The Morgan fingerprint density at radius 3 is 2.77 bits per heavy atom. The first-order valence-electron chi connectivity index (χ1n) is 8.87. The first-order chi connectivity index (χ1) is 12.8. The number of ether oxygens (including phenoxy) is 1. The molecule has 136 valence electrons. The number of para-hydroxylation sites is 2. The van der Waals surface area contributed by atoms with E-state index in [-0.39, 0.29) is 5.91 Å². The Morgan fingerprint density at radius 1 is 1.08 bits per heavy atom. The van der Waals surface area contributed by atoms with Crippen molar-refractivity contribution in [3.05, 3.63) is 48.5 Å². The second-order valence-electron chi connectivity index (χ2n) is 6.18. The summed E-state index contributed by atoms with van der Waals surface area (Å²) in [5, 5.41) is 8.42. The minimum Gasteiger partial charge on any atom is -0.494 e. The molecule has 26 heavy (non-hydrogen) atoms. The second kappa shape index (κ2) is 9.01. The van der Waals surface area contributed by atoms with Gasteiger partial charge < -0.3 is 9.72 Å². The Hall–Kier alpha value is -2.86. The lowest BCUT2D eigenvalue weighted by Gasteiger charge is -2.07. The number of H-pyrrole nitrogens is 1. The van der Waals surface area contributed by atoms with Gasteiger partial charge >= 0.3 is 0 Å². The smallest absolute Gasteiger partial charge is 0.243 e. The second-order valence-corrected chi connectivity index (χ2v) is 6.18. The molecule has 3 aromatic rings. The molecule has 0 spiro atoms. The van der Waals surface area contributed by atoms with Gasteiger partial charge in [0.05, 0.1) is 17.6 Å². The van der Waals surface area contributed by atoms with E-state index >= 15 is 0 Å². The Labute approximate surface area is 152 Å². The quantitative estimate of drug-likeness (QED) is 0.307. The lowest BCUT2D eigenvalue weighted by molar-refractivity contribution is -0.129. The molecule has 0 fully saturated rings. The van der Waals surface area contributed by atoms with Gasteiger partial charge in [-0.25, -0.2) is 10.5 Å². The van der Waals surface area contributed by atoms with Crippen LogP contribution in [0, 0.1) is 0 Å². The van der Waals surface area contributed by atoms with Crippen molar-refractivity contribution in [2.75, 3.05) is 6.61 Å². The predicted octanol–water partition coefficient (Wildman–Crippen LogP) is 4.06. The van der Waals surface area contributed by atoms with Crippen molar-refractivity contribution >= 4 is 16.9 Å². The summed E-state index contributed by atoms with van der Waals surface area (Å²) in [7, 11) is 0. The van der Waals surface area contributed by atoms with Gasteiger partial charge in [-0.1, -0.05) is 37.1 Å². The first-order valence-corrected chi connectivity index (χ1v) is 8.87. The molecule has 0 bridgehead atoms. The SMILES string of the molecule is O=C(CCCCCCOc1cccc(-c2nc3ccccc3[nH]2)c1)NO. The molecule has 0 saturated heterocycles. The highest BCUT2D eigenvalue weighted by atomic mass is 16.5. The number of hydroxylamine groups is 1. The summed E-state index contributed by atoms with van der Waals surface area (Å²) in [5.74, 6) is 1.32. The highest BCUT2D eigenvalue weighted by Crippen LogP contribution is 2.24. The maximum atomic E-state index is 10.9. The molecule has 0 aliphatic heterocycles. The average Bonchev–Trinajstić information content (AvgIpc) is 3.11. The van der Waals surface area contributed by atoms with Crippen LogP contribution in [-0.4, -0.2) is 27.7 Å². The molecule has 0 saturated carbocycles. The Kier molecular flexibility index (Phi) is 6.22. The van der Waals surface area contributed by atoms with Crippen LogP contribution in [0.25, 0.3) is 22.4 Å². The number of fused-ring (bicyclic) bond motifs is 1. The molecule has 3 rings (SSSR count). The number of hydrogen-bond acceptors (Lipinski definition) is 4. The van der Waals surface area contributed by atoms with Crippen molar-refractivity contribution < 1.29 is 14.7 Å². The summed E-state index contributed by atoms with van der Waals surface area (Å²) in [5.41, 5.74) is 4.60. The number of nitrogens with one attached hydrogen (secondary N) is 2. The number of aromatic nitrogens is 2. The highest BCUT2D eigenvalue weighted by Gasteiger charge is 2.06. The molecule has 0 aliphatic rings. The summed E-state index contributed by atoms with van der Waals surface area (Å²) in [6, 6.07) is 15.9. The molecule has 2 aromatic carbocycles. The van der Waals surface area contributed by atoms with Crippen molar-refractivity contribution in [1.82, 2.24) is 15.4 Å². The molecular formula is C20H23N3O3. The Balaban J connectivity index is 1.48. The zero-order valence-corrected chi connectivity index (χ0v) is 14.6. The number of carbonyl (C=O) groups excluding carboxylic acids is 1. The lowest BCUT2D eigenvalue weighted by Crippen LogP contribution is -2.17. The van der Waals surface area contributed by atoms with E-state index in [1.807, 2.05) is 48.5 Å². The summed E-state index contributed by atoms with van der Waals surface area (Å²) in [6.45, 7) is 0.635. The fraction of sp³-hybridized carbons (Fsp3) is 0.300. The predicted molar refractivity (Wildman–Crippen MR) is 100 cm³/mol. The van der Waals surface area contributed by atoms with E-state index < -0.39 is 0 Å². The molecule has 6 heteroatoms. The molecule has 3 N–H and O–H groups in total. The maximum Gasteiger partial charge on any atom is 0.243 e. The van der Waals surface area contributed by atoms with Crippen molar-refractivity contribution in [3.8, 4) is 17.1 Å². The third-order valence-corrected chi connectivity index (χ3v) is 4.19. The van der Waals surface area contributed by atoms with Crippen molar-refractivity contribution in [1.29, 1.82) is 0 Å². The fourth-order valence-corrected chi connectivity index (χ4v) is 2.81. The Bertz CT molecular complexity index is 827. The molecule has 1 heterocycles. The van der Waals surface area contributed by atoms with Crippen LogP contribution in [-0.2, 0) is 4.79 Å². The van der Waals surface area contributed by atoms with Crippen LogP contribution in [0.15, 0.2) is 48.5 Å². The van der Waals surface area contributed by atoms with Gasteiger partial charge in [-0.3, -0.25) is 10.0 Å². The summed E-state index contributed by atoms with van der Waals surface area (Å²) < 4.78 is 5.83. The van der Waals surface area contributed by atoms with Gasteiger partial charge in [0, 0.05) is 12.0 Å². The molecule has 6 nitrogen and oxygen atoms in total. The van der Waals surface area contributed by atoms with Gasteiger partial charge in [0.1, 0.15) is 11.6 Å². The van der Waals surface area contributed by atoms with Gasteiger partial charge in [0.15, 0.2) is 0 Å². The highest BCUT2D eigenvalue weighted by molar-refractivity contribution is 5.79. The number of unbranched alkanes of at least 4 members (excludes halogenated alkanes) is 3. The molecule has 1 amide bonds. The standard InChI is InChI=1S/C20H23N3O3/c24-19(23-25)12-3-1-2-6-13-26-16-9-7-8-15(14-16)20-21-17-10-4-5-11-18(17)22-20/h4-5,7-11,14,25H,1-3,6,12-13H2,(H,21,22)(H,23,24). The molecule has 0 aliphatic carbocycles. The molecule has 0 atom stereocenters. The summed E-state index contributed by atoms with van der Waals surface area (Å²) >= 11 is 0. The van der Waals surface area contributed by atoms with Crippen LogP contribution >= 0.6 is 0 Å². The maximum absolute atomic E-state index is 10.9. The van der Waals surface area contributed by atoms with Crippen LogP contribution in [0.2, 0.25) is 0 Å². The number of hydrogen-bond donors (Lipinski definition) is 3. The van der Waals surface area contributed by atoms with Gasteiger partial charge in [0.2, 0.25) is 5.91 Å². The first kappa shape index (κ1) is 17.9. The lowest BCUT2D eigenvalue weighted by atomic mass is 10.1. The van der Waals surface area contributed by atoms with E-state index in [0.717, 1.165) is 53.9 Å². The monoisotopic (exact) mass is 353 g/mol.